The number of hydrogen-bond donors (Lipinski definition) is 1. The first kappa shape index (κ1) is 14.8. The molecule has 3 rings (SSSR count). The molecule has 0 radical (unpaired) electrons. The lowest BCUT2D eigenvalue weighted by Gasteiger charge is -2.36. The molecule has 2 aliphatic heterocycles. The van der Waals surface area contributed by atoms with Crippen molar-refractivity contribution in [2.75, 3.05) is 26.7 Å². The van der Waals surface area contributed by atoms with E-state index in [4.69, 9.17) is 4.74 Å². The molecule has 2 heterocycles. The quantitative estimate of drug-likeness (QED) is 0.860. The van der Waals surface area contributed by atoms with Crippen molar-refractivity contribution in [2.24, 2.45) is 5.92 Å². The molecular weight excluding hydrogens is 248 g/mol. The first-order valence-corrected chi connectivity index (χ1v) is 8.77. The second kappa shape index (κ2) is 6.33. The molecule has 0 aromatic rings. The van der Waals surface area contributed by atoms with Crippen LogP contribution in [0, 0.1) is 5.92 Å². The third-order valence-electron chi connectivity index (χ3n) is 5.82. The van der Waals surface area contributed by atoms with E-state index >= 15 is 0 Å². The van der Waals surface area contributed by atoms with Crippen LogP contribution in [0.15, 0.2) is 0 Å². The van der Waals surface area contributed by atoms with Gasteiger partial charge in [0.1, 0.15) is 0 Å². The number of nitrogens with zero attached hydrogens (tertiary/aromatic N) is 1. The van der Waals surface area contributed by atoms with Gasteiger partial charge < -0.3 is 15.0 Å². The van der Waals surface area contributed by atoms with E-state index in [1.807, 2.05) is 0 Å². The molecule has 1 aliphatic carbocycles. The number of likely N-dealkylation sites (tertiary alicyclic amines) is 1. The predicted octanol–water partition coefficient (Wildman–Crippen LogP) is 2.80. The molecule has 0 aromatic heterocycles. The van der Waals surface area contributed by atoms with Crippen LogP contribution in [0.1, 0.15) is 58.3 Å². The second-order valence-corrected chi connectivity index (χ2v) is 7.57. The van der Waals surface area contributed by atoms with Gasteiger partial charge in [-0.25, -0.2) is 0 Å². The molecule has 1 N–H and O–H groups in total. The van der Waals surface area contributed by atoms with Crippen molar-refractivity contribution in [3.8, 4) is 0 Å². The summed E-state index contributed by atoms with van der Waals surface area (Å²) in [7, 11) is 2.24. The number of ether oxygens (including phenoxy) is 1. The van der Waals surface area contributed by atoms with Crippen molar-refractivity contribution >= 4 is 0 Å². The molecule has 116 valence electrons. The van der Waals surface area contributed by atoms with Crippen LogP contribution in [0.25, 0.3) is 0 Å². The van der Waals surface area contributed by atoms with Gasteiger partial charge in [-0.15, -0.1) is 0 Å². The van der Waals surface area contributed by atoms with E-state index in [0.29, 0.717) is 12.1 Å². The van der Waals surface area contributed by atoms with Crippen molar-refractivity contribution in [1.82, 2.24) is 10.2 Å². The second-order valence-electron chi connectivity index (χ2n) is 7.57. The van der Waals surface area contributed by atoms with Crippen molar-refractivity contribution < 1.29 is 4.74 Å². The highest BCUT2D eigenvalue weighted by Gasteiger charge is 2.40. The normalized spacial score (nSPS) is 38.4. The molecule has 3 fully saturated rings. The van der Waals surface area contributed by atoms with Gasteiger partial charge in [-0.05, 0) is 51.6 Å². The third-order valence-corrected chi connectivity index (χ3v) is 5.82. The minimum atomic E-state index is 0.281. The average Bonchev–Trinajstić information content (AvgIpc) is 2.82. The summed E-state index contributed by atoms with van der Waals surface area (Å²) in [4.78, 5) is 2.45. The molecule has 2 saturated heterocycles. The minimum absolute atomic E-state index is 0.281. The fourth-order valence-corrected chi connectivity index (χ4v) is 4.54. The highest BCUT2D eigenvalue weighted by molar-refractivity contribution is 4.92. The van der Waals surface area contributed by atoms with Gasteiger partial charge in [-0.1, -0.05) is 26.2 Å². The molecule has 1 spiro atoms. The summed E-state index contributed by atoms with van der Waals surface area (Å²) in [6.07, 6.45) is 11.1. The van der Waals surface area contributed by atoms with Gasteiger partial charge in [0.05, 0.1) is 11.7 Å². The van der Waals surface area contributed by atoms with E-state index in [1.165, 1.54) is 64.5 Å². The Kier molecular flexibility index (Phi) is 4.68. The summed E-state index contributed by atoms with van der Waals surface area (Å²) in [5, 5.41) is 3.80. The third kappa shape index (κ3) is 3.37. The number of nitrogens with one attached hydrogen (secondary N) is 1. The molecule has 3 heteroatoms. The summed E-state index contributed by atoms with van der Waals surface area (Å²) >= 11 is 0. The van der Waals surface area contributed by atoms with Gasteiger partial charge in [-0.3, -0.25) is 0 Å². The van der Waals surface area contributed by atoms with E-state index in [9.17, 15) is 0 Å². The monoisotopic (exact) mass is 280 g/mol. The predicted molar refractivity (Wildman–Crippen MR) is 83.0 cm³/mol. The molecule has 20 heavy (non-hydrogen) atoms. The first-order valence-electron chi connectivity index (χ1n) is 8.77. The molecule has 0 amide bonds. The summed E-state index contributed by atoms with van der Waals surface area (Å²) < 4.78 is 6.46. The Morgan fingerprint density at radius 2 is 1.95 bits per heavy atom. The van der Waals surface area contributed by atoms with Crippen LogP contribution < -0.4 is 5.32 Å². The van der Waals surface area contributed by atoms with E-state index in [-0.39, 0.29) is 5.60 Å². The Morgan fingerprint density at radius 1 is 1.15 bits per heavy atom. The maximum absolute atomic E-state index is 6.46. The van der Waals surface area contributed by atoms with Gasteiger partial charge >= 0.3 is 0 Å². The highest BCUT2D eigenvalue weighted by Crippen LogP contribution is 2.41. The molecule has 3 unspecified atom stereocenters. The summed E-state index contributed by atoms with van der Waals surface area (Å²) in [6, 6.07) is 0.692. The number of piperidine rings is 1. The lowest BCUT2D eigenvalue weighted by Crippen LogP contribution is -2.49. The molecular formula is C17H32N2O. The lowest BCUT2D eigenvalue weighted by atomic mass is 9.83. The Labute approximate surface area is 124 Å². The van der Waals surface area contributed by atoms with E-state index < -0.39 is 0 Å². The van der Waals surface area contributed by atoms with E-state index in [0.717, 1.165) is 12.5 Å². The molecule has 1 saturated carbocycles. The number of hydrogen-bond acceptors (Lipinski definition) is 3. The SMILES string of the molecule is CC1CN(C)CCC1NCC1CCC2(CCCCC2)O1. The van der Waals surface area contributed by atoms with Crippen LogP contribution in [0.2, 0.25) is 0 Å². The van der Waals surface area contributed by atoms with Gasteiger partial charge in [0, 0.05) is 19.1 Å². The minimum Gasteiger partial charge on any atom is -0.370 e. The summed E-state index contributed by atoms with van der Waals surface area (Å²) in [5.41, 5.74) is 0.281. The zero-order valence-electron chi connectivity index (χ0n) is 13.4. The zero-order valence-corrected chi connectivity index (χ0v) is 13.4. The fraction of sp³-hybridized carbons (Fsp3) is 1.00. The molecule has 0 aromatic carbocycles. The number of rotatable bonds is 3. The topological polar surface area (TPSA) is 24.5 Å². The average molecular weight is 280 g/mol. The van der Waals surface area contributed by atoms with Crippen LogP contribution >= 0.6 is 0 Å². The van der Waals surface area contributed by atoms with Crippen LogP contribution in [-0.2, 0) is 4.74 Å². The smallest absolute Gasteiger partial charge is 0.0708 e. The maximum atomic E-state index is 6.46. The van der Waals surface area contributed by atoms with Gasteiger partial charge in [0.25, 0.3) is 0 Å². The Bertz CT molecular complexity index is 314. The van der Waals surface area contributed by atoms with Gasteiger partial charge in [-0.2, -0.15) is 0 Å². The maximum Gasteiger partial charge on any atom is 0.0708 e. The highest BCUT2D eigenvalue weighted by atomic mass is 16.5. The van der Waals surface area contributed by atoms with Crippen molar-refractivity contribution in [3.05, 3.63) is 0 Å². The Hall–Kier alpha value is -0.120. The zero-order chi connectivity index (χ0) is 14.0. The summed E-state index contributed by atoms with van der Waals surface area (Å²) in [5.74, 6) is 0.763. The Morgan fingerprint density at radius 3 is 2.70 bits per heavy atom. The summed E-state index contributed by atoms with van der Waals surface area (Å²) in [6.45, 7) is 5.91. The van der Waals surface area contributed by atoms with Crippen molar-refractivity contribution in [1.29, 1.82) is 0 Å². The largest absolute Gasteiger partial charge is 0.370 e. The van der Waals surface area contributed by atoms with Crippen molar-refractivity contribution in [3.63, 3.8) is 0 Å². The van der Waals surface area contributed by atoms with Crippen molar-refractivity contribution in [2.45, 2.75) is 76.0 Å². The van der Waals surface area contributed by atoms with Crippen LogP contribution in [0.5, 0.6) is 0 Å². The molecule has 3 atom stereocenters. The first-order chi connectivity index (χ1) is 9.67. The van der Waals surface area contributed by atoms with Gasteiger partial charge in [0.2, 0.25) is 0 Å². The van der Waals surface area contributed by atoms with Crippen LogP contribution in [0.3, 0.4) is 0 Å². The Balaban J connectivity index is 1.43. The molecule has 0 bridgehead atoms. The van der Waals surface area contributed by atoms with Gasteiger partial charge in [0.15, 0.2) is 0 Å². The molecule has 3 nitrogen and oxygen atoms in total. The fourth-order valence-electron chi connectivity index (χ4n) is 4.54. The molecule has 3 aliphatic rings. The van der Waals surface area contributed by atoms with E-state index in [2.05, 4.69) is 24.2 Å². The van der Waals surface area contributed by atoms with Crippen LogP contribution in [0.4, 0.5) is 0 Å². The standard InChI is InChI=1S/C17H32N2O/c1-14-13-19(2)11-7-16(14)18-12-15-6-10-17(20-15)8-4-3-5-9-17/h14-16,18H,3-13H2,1-2H3. The lowest BCUT2D eigenvalue weighted by molar-refractivity contribution is -0.0637. The van der Waals surface area contributed by atoms with E-state index in [1.54, 1.807) is 0 Å². The van der Waals surface area contributed by atoms with Crippen LogP contribution in [-0.4, -0.2) is 49.3 Å².